The summed E-state index contributed by atoms with van der Waals surface area (Å²) < 4.78 is 11.6. The molecule has 1 heterocycles. The zero-order chi connectivity index (χ0) is 17.6. The van der Waals surface area contributed by atoms with E-state index in [2.05, 4.69) is 11.8 Å². The van der Waals surface area contributed by atoms with Gasteiger partial charge in [0.25, 0.3) is 0 Å². The van der Waals surface area contributed by atoms with Crippen molar-refractivity contribution in [3.63, 3.8) is 0 Å². The lowest BCUT2D eigenvalue weighted by Gasteiger charge is -2.13. The first-order valence-corrected chi connectivity index (χ1v) is 8.83. The average Bonchev–Trinajstić information content (AvgIpc) is 3.03. The molecule has 0 unspecified atom stereocenters. The molecule has 1 N–H and O–H groups in total. The molecule has 0 aliphatic carbocycles. The predicted octanol–water partition coefficient (Wildman–Crippen LogP) is 4.16. The minimum absolute atomic E-state index is 0.00808. The maximum atomic E-state index is 11.0. The number of fused-ring (bicyclic) bond motifs is 1. The first-order chi connectivity index (χ1) is 12.2. The lowest BCUT2D eigenvalue weighted by molar-refractivity contribution is -0.137. The predicted molar refractivity (Wildman–Crippen MR) is 97.1 cm³/mol. The van der Waals surface area contributed by atoms with Gasteiger partial charge in [-0.2, -0.15) is 0 Å². The number of hydrogen-bond acceptors (Lipinski definition) is 4. The van der Waals surface area contributed by atoms with Crippen molar-refractivity contribution < 1.29 is 19.4 Å². The van der Waals surface area contributed by atoms with E-state index in [1.54, 1.807) is 18.7 Å². The molecule has 3 rings (SSSR count). The van der Waals surface area contributed by atoms with Gasteiger partial charge in [0.1, 0.15) is 18.1 Å². The third kappa shape index (κ3) is 4.49. The fraction of sp³-hybridized carbons (Fsp3) is 0.250. The van der Waals surface area contributed by atoms with Crippen LogP contribution in [0.2, 0.25) is 0 Å². The molecule has 0 amide bonds. The summed E-state index contributed by atoms with van der Waals surface area (Å²) in [6.07, 6.45) is -0.00808. The fourth-order valence-electron chi connectivity index (χ4n) is 2.58. The van der Waals surface area contributed by atoms with Crippen molar-refractivity contribution >= 4 is 17.7 Å². The lowest BCUT2D eigenvalue weighted by Crippen LogP contribution is -2.17. The van der Waals surface area contributed by atoms with Crippen molar-refractivity contribution in [3.8, 4) is 23.3 Å². The highest BCUT2D eigenvalue weighted by Gasteiger charge is 2.23. The van der Waals surface area contributed by atoms with Crippen LogP contribution in [0.4, 0.5) is 0 Å². The smallest absolute Gasteiger partial charge is 0.304 e. The molecule has 0 aromatic heterocycles. The van der Waals surface area contributed by atoms with E-state index in [4.69, 9.17) is 14.6 Å². The van der Waals surface area contributed by atoms with Gasteiger partial charge in [-0.05, 0) is 36.8 Å². The number of thioether (sulfide) groups is 1. The summed E-state index contributed by atoms with van der Waals surface area (Å²) >= 11 is 1.65. The summed E-state index contributed by atoms with van der Waals surface area (Å²) in [5.41, 5.74) is 0.811. The third-order valence-electron chi connectivity index (χ3n) is 3.73. The summed E-state index contributed by atoms with van der Waals surface area (Å²) in [5.74, 6) is 6.19. The number of carboxylic acid groups (broad SMARTS) is 1. The van der Waals surface area contributed by atoms with Crippen molar-refractivity contribution in [2.24, 2.45) is 0 Å². The van der Waals surface area contributed by atoms with Gasteiger partial charge in [-0.3, -0.25) is 4.79 Å². The van der Waals surface area contributed by atoms with E-state index in [0.29, 0.717) is 6.61 Å². The number of rotatable bonds is 6. The van der Waals surface area contributed by atoms with Gasteiger partial charge in [-0.1, -0.05) is 41.9 Å². The SMILES string of the molecule is CC#C[C@@H](CC(=O)O)c1ccc(OC[C@H]2Oc3ccccc3S2)cc1. The Morgan fingerprint density at radius 1 is 1.28 bits per heavy atom. The second kappa shape index (κ2) is 8.00. The van der Waals surface area contributed by atoms with Crippen LogP contribution in [0.1, 0.15) is 24.8 Å². The molecule has 25 heavy (non-hydrogen) atoms. The molecule has 0 saturated heterocycles. The number of ether oxygens (including phenoxy) is 2. The van der Waals surface area contributed by atoms with Crippen molar-refractivity contribution in [2.75, 3.05) is 6.61 Å². The Kier molecular flexibility index (Phi) is 5.52. The Labute approximate surface area is 151 Å². The Morgan fingerprint density at radius 3 is 2.72 bits per heavy atom. The van der Waals surface area contributed by atoms with E-state index in [1.807, 2.05) is 48.5 Å². The Morgan fingerprint density at radius 2 is 2.04 bits per heavy atom. The van der Waals surface area contributed by atoms with Crippen LogP contribution in [0.3, 0.4) is 0 Å². The van der Waals surface area contributed by atoms with Crippen molar-refractivity contribution in [1.29, 1.82) is 0 Å². The highest BCUT2D eigenvalue weighted by molar-refractivity contribution is 8.00. The highest BCUT2D eigenvalue weighted by Crippen LogP contribution is 2.40. The van der Waals surface area contributed by atoms with Crippen LogP contribution in [-0.2, 0) is 4.79 Å². The number of aliphatic carboxylic acids is 1. The number of benzene rings is 2. The first-order valence-electron chi connectivity index (χ1n) is 7.95. The second-order valence-corrected chi connectivity index (χ2v) is 6.74. The highest BCUT2D eigenvalue weighted by atomic mass is 32.2. The summed E-state index contributed by atoms with van der Waals surface area (Å²) in [5, 5.41) is 9.00. The standard InChI is InChI=1S/C20H18O4S/c1-2-5-15(12-19(21)22)14-8-10-16(11-9-14)23-13-20-24-17-6-3-4-7-18(17)25-20/h3-4,6-11,15,20H,12-13H2,1H3,(H,21,22)/t15-,20-/m0/s1. The van der Waals surface area contributed by atoms with Crippen LogP contribution >= 0.6 is 11.8 Å². The van der Waals surface area contributed by atoms with Gasteiger partial charge in [0.05, 0.1) is 17.2 Å². The van der Waals surface area contributed by atoms with Crippen molar-refractivity contribution in [2.45, 2.75) is 29.6 Å². The molecule has 2 atom stereocenters. The molecule has 0 radical (unpaired) electrons. The van der Waals surface area contributed by atoms with Gasteiger partial charge in [0.2, 0.25) is 0 Å². The first kappa shape index (κ1) is 17.2. The zero-order valence-corrected chi connectivity index (χ0v) is 14.6. The molecule has 2 aromatic rings. The van der Waals surface area contributed by atoms with Gasteiger partial charge in [-0.15, -0.1) is 5.92 Å². The van der Waals surface area contributed by atoms with E-state index in [9.17, 15) is 4.79 Å². The van der Waals surface area contributed by atoms with Gasteiger partial charge in [0, 0.05) is 0 Å². The van der Waals surface area contributed by atoms with Crippen LogP contribution in [0.5, 0.6) is 11.5 Å². The maximum absolute atomic E-state index is 11.0. The van der Waals surface area contributed by atoms with Crippen molar-refractivity contribution in [1.82, 2.24) is 0 Å². The molecule has 1 aliphatic rings. The van der Waals surface area contributed by atoms with Gasteiger partial charge in [0.15, 0.2) is 5.44 Å². The summed E-state index contributed by atoms with van der Waals surface area (Å²) in [6, 6.07) is 15.3. The van der Waals surface area contributed by atoms with Crippen LogP contribution in [0.25, 0.3) is 0 Å². The molecular formula is C20H18O4S. The van der Waals surface area contributed by atoms with E-state index in [1.165, 1.54) is 0 Å². The minimum atomic E-state index is -0.858. The second-order valence-electron chi connectivity index (χ2n) is 5.54. The number of para-hydroxylation sites is 1. The molecule has 5 heteroatoms. The molecule has 0 fully saturated rings. The minimum Gasteiger partial charge on any atom is -0.489 e. The largest absolute Gasteiger partial charge is 0.489 e. The Bertz CT molecular complexity index is 779. The molecule has 2 aromatic carbocycles. The summed E-state index contributed by atoms with van der Waals surface area (Å²) in [4.78, 5) is 12.1. The van der Waals surface area contributed by atoms with Crippen LogP contribution < -0.4 is 9.47 Å². The lowest BCUT2D eigenvalue weighted by atomic mass is 9.96. The van der Waals surface area contributed by atoms with E-state index < -0.39 is 5.97 Å². The van der Waals surface area contributed by atoms with E-state index in [-0.39, 0.29) is 17.8 Å². The Balaban J connectivity index is 1.57. The van der Waals surface area contributed by atoms with Crippen molar-refractivity contribution in [3.05, 3.63) is 54.1 Å². The molecular weight excluding hydrogens is 336 g/mol. The zero-order valence-electron chi connectivity index (χ0n) is 13.8. The summed E-state index contributed by atoms with van der Waals surface area (Å²) in [6.45, 7) is 2.15. The molecule has 0 spiro atoms. The molecule has 0 bridgehead atoms. The number of hydrogen-bond donors (Lipinski definition) is 1. The van der Waals surface area contributed by atoms with Gasteiger partial charge >= 0.3 is 5.97 Å². The average molecular weight is 354 g/mol. The van der Waals surface area contributed by atoms with Gasteiger partial charge < -0.3 is 14.6 Å². The monoisotopic (exact) mass is 354 g/mol. The number of carboxylic acids is 1. The van der Waals surface area contributed by atoms with Crippen LogP contribution in [0.15, 0.2) is 53.4 Å². The number of carbonyl (C=O) groups is 1. The quantitative estimate of drug-likeness (QED) is 0.790. The van der Waals surface area contributed by atoms with E-state index in [0.717, 1.165) is 22.0 Å². The van der Waals surface area contributed by atoms with Gasteiger partial charge in [-0.25, -0.2) is 0 Å². The van der Waals surface area contributed by atoms with Crippen LogP contribution in [-0.4, -0.2) is 23.1 Å². The normalized spacial score (nSPS) is 16.1. The maximum Gasteiger partial charge on any atom is 0.304 e. The Hall–Kier alpha value is -2.58. The van der Waals surface area contributed by atoms with E-state index >= 15 is 0 Å². The molecule has 4 nitrogen and oxygen atoms in total. The third-order valence-corrected chi connectivity index (χ3v) is 4.82. The fourth-order valence-corrected chi connectivity index (χ4v) is 3.54. The topological polar surface area (TPSA) is 55.8 Å². The summed E-state index contributed by atoms with van der Waals surface area (Å²) in [7, 11) is 0. The van der Waals surface area contributed by atoms with Crippen LogP contribution in [0, 0.1) is 11.8 Å². The molecule has 0 saturated carbocycles. The molecule has 128 valence electrons. The molecule has 1 aliphatic heterocycles.